The van der Waals surface area contributed by atoms with E-state index in [9.17, 15) is 0 Å². The minimum Gasteiger partial charge on any atom is -0.473 e. The Morgan fingerprint density at radius 1 is 1.47 bits per heavy atom. The number of halogens is 2. The minimum atomic E-state index is 0.260. The highest BCUT2D eigenvalue weighted by Gasteiger charge is 2.16. The van der Waals surface area contributed by atoms with E-state index < -0.39 is 0 Å². The van der Waals surface area contributed by atoms with Crippen LogP contribution in [0.25, 0.3) is 0 Å². The van der Waals surface area contributed by atoms with E-state index in [0.29, 0.717) is 10.9 Å². The topological polar surface area (TPSA) is 34.1 Å². The van der Waals surface area contributed by atoms with Gasteiger partial charge in [0, 0.05) is 6.20 Å². The second-order valence-electron chi connectivity index (χ2n) is 3.51. The molecule has 15 heavy (non-hydrogen) atoms. The van der Waals surface area contributed by atoms with Gasteiger partial charge in [-0.2, -0.15) is 0 Å². The standard InChI is InChI=1S/C10H12BrClN2O/c11-9-5-7(12)6-14-10(9)15-8-1-3-13-4-2-8/h5-6,8,13H,1-4H2. The summed E-state index contributed by atoms with van der Waals surface area (Å²) in [4.78, 5) is 4.15. The number of pyridine rings is 1. The first-order valence-corrected chi connectivity index (χ1v) is 6.11. The quantitative estimate of drug-likeness (QED) is 0.909. The number of ether oxygens (including phenoxy) is 1. The molecule has 0 atom stereocenters. The summed E-state index contributed by atoms with van der Waals surface area (Å²) in [7, 11) is 0. The second-order valence-corrected chi connectivity index (χ2v) is 4.80. The Morgan fingerprint density at radius 2 is 2.20 bits per heavy atom. The highest BCUT2D eigenvalue weighted by atomic mass is 79.9. The van der Waals surface area contributed by atoms with Crippen molar-refractivity contribution in [2.45, 2.75) is 18.9 Å². The average molecular weight is 292 g/mol. The molecule has 1 aliphatic heterocycles. The third-order valence-corrected chi connectivity index (χ3v) is 3.11. The fourth-order valence-corrected chi connectivity index (χ4v) is 2.29. The lowest BCUT2D eigenvalue weighted by molar-refractivity contribution is 0.155. The molecule has 0 spiro atoms. The summed E-state index contributed by atoms with van der Waals surface area (Å²) in [5.41, 5.74) is 0. The second kappa shape index (κ2) is 5.14. The van der Waals surface area contributed by atoms with Gasteiger partial charge in [-0.05, 0) is 47.9 Å². The number of hydrogen-bond donors (Lipinski definition) is 1. The van der Waals surface area contributed by atoms with Crippen molar-refractivity contribution in [3.05, 3.63) is 21.8 Å². The van der Waals surface area contributed by atoms with Gasteiger partial charge >= 0.3 is 0 Å². The van der Waals surface area contributed by atoms with Crippen LogP contribution in [-0.4, -0.2) is 24.2 Å². The summed E-state index contributed by atoms with van der Waals surface area (Å²) in [6.07, 6.45) is 3.91. The molecule has 3 nitrogen and oxygen atoms in total. The van der Waals surface area contributed by atoms with Crippen molar-refractivity contribution in [3.63, 3.8) is 0 Å². The van der Waals surface area contributed by atoms with Crippen LogP contribution in [0.4, 0.5) is 0 Å². The molecule has 2 heterocycles. The van der Waals surface area contributed by atoms with Gasteiger partial charge < -0.3 is 10.1 Å². The van der Waals surface area contributed by atoms with Crippen molar-refractivity contribution in [3.8, 4) is 5.88 Å². The van der Waals surface area contributed by atoms with Gasteiger partial charge in [0.2, 0.25) is 5.88 Å². The van der Waals surface area contributed by atoms with Crippen LogP contribution >= 0.6 is 27.5 Å². The molecular weight excluding hydrogens is 279 g/mol. The fraction of sp³-hybridized carbons (Fsp3) is 0.500. The van der Waals surface area contributed by atoms with Gasteiger partial charge in [0.15, 0.2) is 0 Å². The molecule has 1 aromatic heterocycles. The van der Waals surface area contributed by atoms with Crippen molar-refractivity contribution in [2.24, 2.45) is 0 Å². The van der Waals surface area contributed by atoms with E-state index in [-0.39, 0.29) is 6.10 Å². The molecule has 0 aromatic carbocycles. The predicted octanol–water partition coefficient (Wildman–Crippen LogP) is 2.63. The largest absolute Gasteiger partial charge is 0.473 e. The number of aromatic nitrogens is 1. The van der Waals surface area contributed by atoms with Gasteiger partial charge in [0.25, 0.3) is 0 Å². The molecular formula is C10H12BrClN2O. The Labute approximate surface area is 102 Å². The van der Waals surface area contributed by atoms with Crippen molar-refractivity contribution in [2.75, 3.05) is 13.1 Å². The van der Waals surface area contributed by atoms with Crippen molar-refractivity contribution in [1.29, 1.82) is 0 Å². The molecule has 0 unspecified atom stereocenters. The SMILES string of the molecule is Clc1cnc(OC2CCNCC2)c(Br)c1. The van der Waals surface area contributed by atoms with Crippen LogP contribution in [0.3, 0.4) is 0 Å². The van der Waals surface area contributed by atoms with Gasteiger partial charge in [0.05, 0.1) is 9.50 Å². The zero-order chi connectivity index (χ0) is 10.7. The first-order valence-electron chi connectivity index (χ1n) is 4.94. The highest BCUT2D eigenvalue weighted by molar-refractivity contribution is 9.10. The van der Waals surface area contributed by atoms with E-state index >= 15 is 0 Å². The summed E-state index contributed by atoms with van der Waals surface area (Å²) in [5.74, 6) is 0.631. The van der Waals surface area contributed by atoms with E-state index in [2.05, 4.69) is 26.2 Å². The molecule has 0 amide bonds. The van der Waals surface area contributed by atoms with Crippen LogP contribution in [0.1, 0.15) is 12.8 Å². The summed E-state index contributed by atoms with van der Waals surface area (Å²) in [5, 5.41) is 3.90. The van der Waals surface area contributed by atoms with Crippen LogP contribution in [0.2, 0.25) is 5.02 Å². The number of nitrogens with zero attached hydrogens (tertiary/aromatic N) is 1. The first-order chi connectivity index (χ1) is 7.25. The normalized spacial score (nSPS) is 17.7. The summed E-state index contributed by atoms with van der Waals surface area (Å²) in [6.45, 7) is 2.02. The molecule has 1 aromatic rings. The first kappa shape index (κ1) is 11.2. The van der Waals surface area contributed by atoms with Gasteiger partial charge in [0.1, 0.15) is 6.10 Å². The smallest absolute Gasteiger partial charge is 0.228 e. The maximum absolute atomic E-state index is 5.80. The maximum Gasteiger partial charge on any atom is 0.228 e. The highest BCUT2D eigenvalue weighted by Crippen LogP contribution is 2.27. The van der Waals surface area contributed by atoms with Crippen molar-refractivity contribution < 1.29 is 4.74 Å². The molecule has 0 saturated carbocycles. The van der Waals surface area contributed by atoms with E-state index in [1.165, 1.54) is 0 Å². The van der Waals surface area contributed by atoms with Gasteiger partial charge in [-0.3, -0.25) is 0 Å². The monoisotopic (exact) mass is 290 g/mol. The summed E-state index contributed by atoms with van der Waals surface area (Å²) in [6, 6.07) is 1.80. The van der Waals surface area contributed by atoms with Crippen LogP contribution in [0.5, 0.6) is 5.88 Å². The Morgan fingerprint density at radius 3 is 2.87 bits per heavy atom. The number of rotatable bonds is 2. The van der Waals surface area contributed by atoms with Gasteiger partial charge in [-0.15, -0.1) is 0 Å². The number of nitrogens with one attached hydrogen (secondary N) is 1. The van der Waals surface area contributed by atoms with Crippen molar-refractivity contribution >= 4 is 27.5 Å². The number of hydrogen-bond acceptors (Lipinski definition) is 3. The lowest BCUT2D eigenvalue weighted by Gasteiger charge is -2.23. The Balaban J connectivity index is 2.03. The Kier molecular flexibility index (Phi) is 3.83. The van der Waals surface area contributed by atoms with Crippen LogP contribution in [0, 0.1) is 0 Å². The van der Waals surface area contributed by atoms with E-state index in [1.807, 2.05) is 0 Å². The molecule has 82 valence electrons. The molecule has 1 fully saturated rings. The lowest BCUT2D eigenvalue weighted by atomic mass is 10.1. The average Bonchev–Trinajstić information content (AvgIpc) is 2.24. The predicted molar refractivity (Wildman–Crippen MR) is 63.5 cm³/mol. The molecule has 2 rings (SSSR count). The molecule has 1 saturated heterocycles. The number of piperidine rings is 1. The van der Waals surface area contributed by atoms with Crippen LogP contribution < -0.4 is 10.1 Å². The molecule has 0 radical (unpaired) electrons. The Bertz CT molecular complexity index is 342. The van der Waals surface area contributed by atoms with E-state index in [1.54, 1.807) is 12.3 Å². The Hall–Kier alpha value is -0.320. The molecule has 0 bridgehead atoms. The zero-order valence-electron chi connectivity index (χ0n) is 8.17. The summed E-state index contributed by atoms with van der Waals surface area (Å²) < 4.78 is 6.60. The van der Waals surface area contributed by atoms with E-state index in [0.717, 1.165) is 30.4 Å². The summed E-state index contributed by atoms with van der Waals surface area (Å²) >= 11 is 9.19. The van der Waals surface area contributed by atoms with Crippen LogP contribution in [0.15, 0.2) is 16.7 Å². The molecule has 1 N–H and O–H groups in total. The third kappa shape index (κ3) is 3.06. The van der Waals surface area contributed by atoms with Crippen LogP contribution in [-0.2, 0) is 0 Å². The van der Waals surface area contributed by atoms with Crippen molar-refractivity contribution in [1.82, 2.24) is 10.3 Å². The minimum absolute atomic E-state index is 0.260. The third-order valence-electron chi connectivity index (χ3n) is 2.34. The lowest BCUT2D eigenvalue weighted by Crippen LogP contribution is -2.34. The van der Waals surface area contributed by atoms with Gasteiger partial charge in [-0.1, -0.05) is 11.6 Å². The zero-order valence-corrected chi connectivity index (χ0v) is 10.5. The molecule has 5 heteroatoms. The van der Waals surface area contributed by atoms with E-state index in [4.69, 9.17) is 16.3 Å². The fourth-order valence-electron chi connectivity index (χ4n) is 1.56. The van der Waals surface area contributed by atoms with Gasteiger partial charge in [-0.25, -0.2) is 4.98 Å². The molecule has 0 aliphatic carbocycles. The maximum atomic E-state index is 5.80. The molecule has 1 aliphatic rings.